The Kier molecular flexibility index (Phi) is 9.89. The standard InChI is InChI=1S/C44H41N5/c1-2-3-4-17-30-47-43-28-26-35(33-45-48(37-18-9-5-10-19-37)38-20-11-6-12-21-38)31-41(43)42-32-36(27-29-44(42)47)34-46-49(39-22-13-7-14-23-39)40-24-15-8-16-25-40/h5-16,18-29,31-34H,2-4,17,30H2,1H3/b45-33+,46-34+. The SMILES string of the molecule is CCCCCCn1c2ccc(/C=N/N(c3ccccc3)c3ccccc3)cc2c2cc(/C=N/N(c3ccccc3)c3ccccc3)ccc21. The van der Waals surface area contributed by atoms with Gasteiger partial charge in [0.05, 0.1) is 35.2 Å². The number of aryl methyl sites for hydroxylation is 1. The van der Waals surface area contributed by atoms with Gasteiger partial charge >= 0.3 is 0 Å². The Labute approximate surface area is 289 Å². The number of aromatic nitrogens is 1. The summed E-state index contributed by atoms with van der Waals surface area (Å²) in [4.78, 5) is 0. The fraction of sp³-hybridized carbons (Fsp3) is 0.136. The molecule has 0 aliphatic heterocycles. The number of hydrogen-bond donors (Lipinski definition) is 0. The highest BCUT2D eigenvalue weighted by atomic mass is 15.5. The minimum atomic E-state index is 0.993. The van der Waals surface area contributed by atoms with Crippen LogP contribution in [-0.2, 0) is 6.54 Å². The van der Waals surface area contributed by atoms with Crippen molar-refractivity contribution in [2.75, 3.05) is 10.0 Å². The van der Waals surface area contributed by atoms with E-state index in [1.165, 1.54) is 41.1 Å². The van der Waals surface area contributed by atoms with Gasteiger partial charge in [-0.2, -0.15) is 10.2 Å². The maximum absolute atomic E-state index is 5.00. The second kappa shape index (κ2) is 15.3. The van der Waals surface area contributed by atoms with E-state index < -0.39 is 0 Å². The number of unbranched alkanes of at least 4 members (excludes halogenated alkanes) is 3. The van der Waals surface area contributed by atoms with Crippen LogP contribution < -0.4 is 10.0 Å². The number of fused-ring (bicyclic) bond motifs is 3. The average Bonchev–Trinajstić information content (AvgIpc) is 3.47. The van der Waals surface area contributed by atoms with Crippen molar-refractivity contribution in [3.63, 3.8) is 0 Å². The molecule has 0 saturated heterocycles. The summed E-state index contributed by atoms with van der Waals surface area (Å²) in [6.07, 6.45) is 8.81. The molecule has 7 rings (SSSR count). The fourth-order valence-corrected chi connectivity index (χ4v) is 6.33. The number of hydrogen-bond acceptors (Lipinski definition) is 4. The molecule has 242 valence electrons. The topological polar surface area (TPSA) is 36.1 Å². The van der Waals surface area contributed by atoms with Gasteiger partial charge in [0.1, 0.15) is 0 Å². The van der Waals surface area contributed by atoms with E-state index in [1.807, 2.05) is 95.2 Å². The molecule has 1 aromatic heterocycles. The summed E-state index contributed by atoms with van der Waals surface area (Å²) in [7, 11) is 0. The van der Waals surface area contributed by atoms with Gasteiger partial charge in [-0.25, -0.2) is 10.0 Å². The van der Waals surface area contributed by atoms with Crippen LogP contribution in [0.15, 0.2) is 168 Å². The molecule has 49 heavy (non-hydrogen) atoms. The van der Waals surface area contributed by atoms with E-state index in [0.717, 1.165) is 46.8 Å². The normalized spacial score (nSPS) is 11.6. The zero-order valence-electron chi connectivity index (χ0n) is 27.9. The van der Waals surface area contributed by atoms with Gasteiger partial charge in [0.25, 0.3) is 0 Å². The highest BCUT2D eigenvalue weighted by Gasteiger charge is 2.13. The summed E-state index contributed by atoms with van der Waals surface area (Å²) in [5.41, 5.74) is 8.64. The van der Waals surface area contributed by atoms with E-state index in [4.69, 9.17) is 10.2 Å². The quantitative estimate of drug-likeness (QED) is 0.0715. The lowest BCUT2D eigenvalue weighted by molar-refractivity contribution is 0.602. The first-order valence-electron chi connectivity index (χ1n) is 17.2. The van der Waals surface area contributed by atoms with Crippen molar-refractivity contribution in [1.29, 1.82) is 0 Å². The number of benzene rings is 6. The zero-order valence-corrected chi connectivity index (χ0v) is 27.9. The van der Waals surface area contributed by atoms with Crippen molar-refractivity contribution in [3.05, 3.63) is 169 Å². The van der Waals surface area contributed by atoms with E-state index in [2.05, 4.69) is 96.4 Å². The van der Waals surface area contributed by atoms with Crippen LogP contribution in [0.3, 0.4) is 0 Å². The second-order valence-corrected chi connectivity index (χ2v) is 12.2. The predicted octanol–water partition coefficient (Wildman–Crippen LogP) is 11.7. The molecule has 0 spiro atoms. The number of anilines is 4. The van der Waals surface area contributed by atoms with Crippen LogP contribution in [0.4, 0.5) is 22.7 Å². The largest absolute Gasteiger partial charge is 0.340 e. The third-order valence-corrected chi connectivity index (χ3v) is 8.80. The Hall–Kier alpha value is -5.94. The van der Waals surface area contributed by atoms with Crippen LogP contribution in [0.25, 0.3) is 21.8 Å². The lowest BCUT2D eigenvalue weighted by Crippen LogP contribution is -2.09. The van der Waals surface area contributed by atoms with Gasteiger partial charge in [-0.1, -0.05) is 111 Å². The number of nitrogens with zero attached hydrogens (tertiary/aromatic N) is 5. The molecule has 6 aromatic carbocycles. The highest BCUT2D eigenvalue weighted by molar-refractivity contribution is 6.11. The molecule has 0 saturated carbocycles. The minimum absolute atomic E-state index is 0.993. The first-order valence-corrected chi connectivity index (χ1v) is 17.2. The predicted molar refractivity (Wildman–Crippen MR) is 209 cm³/mol. The summed E-state index contributed by atoms with van der Waals surface area (Å²) in [5.74, 6) is 0. The van der Waals surface area contributed by atoms with Crippen molar-refractivity contribution in [2.24, 2.45) is 10.2 Å². The summed E-state index contributed by atoms with van der Waals surface area (Å²) in [6, 6.07) is 54.6. The van der Waals surface area contributed by atoms with Crippen LogP contribution >= 0.6 is 0 Å². The van der Waals surface area contributed by atoms with Gasteiger partial charge < -0.3 is 4.57 Å². The van der Waals surface area contributed by atoms with E-state index in [0.29, 0.717) is 0 Å². The monoisotopic (exact) mass is 639 g/mol. The van der Waals surface area contributed by atoms with E-state index in [9.17, 15) is 0 Å². The van der Waals surface area contributed by atoms with Crippen LogP contribution in [-0.4, -0.2) is 17.0 Å². The van der Waals surface area contributed by atoms with Gasteiger partial charge in [-0.3, -0.25) is 0 Å². The van der Waals surface area contributed by atoms with Gasteiger partial charge in [0, 0.05) is 28.4 Å². The number of rotatable bonds is 13. The smallest absolute Gasteiger partial charge is 0.0652 e. The number of hydrazone groups is 2. The van der Waals surface area contributed by atoms with Crippen molar-refractivity contribution in [2.45, 2.75) is 39.2 Å². The van der Waals surface area contributed by atoms with Gasteiger partial charge in [0.15, 0.2) is 0 Å². The third-order valence-electron chi connectivity index (χ3n) is 8.80. The van der Waals surface area contributed by atoms with Gasteiger partial charge in [0.2, 0.25) is 0 Å². The average molecular weight is 640 g/mol. The fourth-order valence-electron chi connectivity index (χ4n) is 6.33. The molecule has 5 nitrogen and oxygen atoms in total. The Bertz CT molecular complexity index is 1920. The molecular weight excluding hydrogens is 599 g/mol. The van der Waals surface area contributed by atoms with Crippen LogP contribution in [0.2, 0.25) is 0 Å². The molecule has 0 N–H and O–H groups in total. The molecule has 1 heterocycles. The van der Waals surface area contributed by atoms with Crippen molar-refractivity contribution >= 4 is 57.0 Å². The first kappa shape index (κ1) is 31.6. The molecule has 0 aliphatic rings. The van der Waals surface area contributed by atoms with E-state index in [-0.39, 0.29) is 0 Å². The Morgan fingerprint density at radius 1 is 0.469 bits per heavy atom. The maximum Gasteiger partial charge on any atom is 0.0652 e. The van der Waals surface area contributed by atoms with Crippen LogP contribution in [0.5, 0.6) is 0 Å². The molecule has 7 aromatic rings. The van der Waals surface area contributed by atoms with Gasteiger partial charge in [-0.05, 0) is 90.3 Å². The summed E-state index contributed by atoms with van der Waals surface area (Å²) < 4.78 is 2.49. The Morgan fingerprint density at radius 2 is 0.857 bits per heavy atom. The molecule has 0 bridgehead atoms. The molecule has 0 atom stereocenters. The highest BCUT2D eigenvalue weighted by Crippen LogP contribution is 2.32. The van der Waals surface area contributed by atoms with Crippen LogP contribution in [0.1, 0.15) is 43.7 Å². The first-order chi connectivity index (χ1) is 24.3. The Balaban J connectivity index is 1.27. The van der Waals surface area contributed by atoms with Gasteiger partial charge in [-0.15, -0.1) is 0 Å². The molecule has 0 amide bonds. The molecule has 5 heteroatoms. The summed E-state index contributed by atoms with van der Waals surface area (Å²) >= 11 is 0. The Morgan fingerprint density at radius 3 is 1.22 bits per heavy atom. The molecular formula is C44H41N5. The van der Waals surface area contributed by atoms with E-state index >= 15 is 0 Å². The summed E-state index contributed by atoms with van der Waals surface area (Å²) in [5, 5.41) is 16.4. The minimum Gasteiger partial charge on any atom is -0.340 e. The lowest BCUT2D eigenvalue weighted by atomic mass is 10.1. The molecule has 0 unspecified atom stereocenters. The second-order valence-electron chi connectivity index (χ2n) is 12.2. The zero-order chi connectivity index (χ0) is 33.3. The molecule has 0 aliphatic carbocycles. The molecule has 0 fully saturated rings. The number of para-hydroxylation sites is 4. The third kappa shape index (κ3) is 7.31. The lowest BCUT2D eigenvalue weighted by Gasteiger charge is -2.19. The maximum atomic E-state index is 5.00. The summed E-state index contributed by atoms with van der Waals surface area (Å²) in [6.45, 7) is 3.26. The van der Waals surface area contributed by atoms with Crippen molar-refractivity contribution < 1.29 is 0 Å². The van der Waals surface area contributed by atoms with Crippen LogP contribution in [0, 0.1) is 0 Å². The van der Waals surface area contributed by atoms with Crippen molar-refractivity contribution in [3.8, 4) is 0 Å². The van der Waals surface area contributed by atoms with Crippen molar-refractivity contribution in [1.82, 2.24) is 4.57 Å². The van der Waals surface area contributed by atoms with E-state index in [1.54, 1.807) is 0 Å². The molecule has 0 radical (unpaired) electrons.